The van der Waals surface area contributed by atoms with E-state index in [1.165, 1.54) is 0 Å². The third-order valence-corrected chi connectivity index (χ3v) is 5.20. The summed E-state index contributed by atoms with van der Waals surface area (Å²) < 4.78 is 6.13. The molecule has 0 aliphatic carbocycles. The summed E-state index contributed by atoms with van der Waals surface area (Å²) >= 11 is 0. The molecule has 0 aliphatic rings. The Bertz CT molecular complexity index is 965. The molecule has 1 N–H and O–H groups in total. The summed E-state index contributed by atoms with van der Waals surface area (Å²) in [5, 5.41) is 3.23. The van der Waals surface area contributed by atoms with Gasteiger partial charge in [0.15, 0.2) is 6.10 Å². The number of ether oxygens (including phenoxy) is 1. The first-order valence-corrected chi connectivity index (χ1v) is 10.1. The van der Waals surface area contributed by atoms with Crippen LogP contribution in [0.25, 0.3) is 0 Å². The monoisotopic (exact) mass is 387 g/mol. The summed E-state index contributed by atoms with van der Waals surface area (Å²) in [6, 6.07) is 24.1. The number of hydrogen-bond acceptors (Lipinski definition) is 2. The number of rotatable bonds is 7. The van der Waals surface area contributed by atoms with E-state index in [9.17, 15) is 4.79 Å². The van der Waals surface area contributed by atoms with Crippen LogP contribution in [0.4, 0.5) is 0 Å². The number of benzene rings is 3. The van der Waals surface area contributed by atoms with Crippen LogP contribution >= 0.6 is 0 Å². The number of nitrogens with one attached hydrogen (secondary N) is 1. The normalized spacial score (nSPS) is 12.8. The fourth-order valence-corrected chi connectivity index (χ4v) is 3.44. The minimum absolute atomic E-state index is 0.106. The molecule has 0 spiro atoms. The van der Waals surface area contributed by atoms with Gasteiger partial charge in [-0.2, -0.15) is 0 Å². The number of carbonyl (C=O) groups is 1. The highest BCUT2D eigenvalue weighted by Gasteiger charge is 2.25. The van der Waals surface area contributed by atoms with E-state index in [0.717, 1.165) is 33.6 Å². The van der Waals surface area contributed by atoms with Crippen molar-refractivity contribution in [3.8, 4) is 5.75 Å². The smallest absolute Gasteiger partial charge is 0.261 e. The predicted molar refractivity (Wildman–Crippen MR) is 118 cm³/mol. The Kier molecular flexibility index (Phi) is 6.71. The van der Waals surface area contributed by atoms with E-state index >= 15 is 0 Å². The molecule has 3 heteroatoms. The molecule has 29 heavy (non-hydrogen) atoms. The molecule has 0 saturated carbocycles. The van der Waals surface area contributed by atoms with E-state index in [1.54, 1.807) is 0 Å². The van der Waals surface area contributed by atoms with Crippen LogP contribution in [0, 0.1) is 20.8 Å². The first-order chi connectivity index (χ1) is 14.0. The zero-order chi connectivity index (χ0) is 20.8. The van der Waals surface area contributed by atoms with Gasteiger partial charge >= 0.3 is 0 Å². The van der Waals surface area contributed by atoms with E-state index in [2.05, 4.69) is 24.4 Å². The van der Waals surface area contributed by atoms with Gasteiger partial charge in [0.1, 0.15) is 5.75 Å². The lowest BCUT2D eigenvalue weighted by atomic mass is 9.94. The van der Waals surface area contributed by atoms with Gasteiger partial charge in [-0.25, -0.2) is 0 Å². The minimum Gasteiger partial charge on any atom is -0.480 e. The molecule has 3 nitrogen and oxygen atoms in total. The highest BCUT2D eigenvalue weighted by Crippen LogP contribution is 2.26. The molecule has 3 rings (SSSR count). The molecule has 0 unspecified atom stereocenters. The maximum atomic E-state index is 13.2. The first kappa shape index (κ1) is 20.7. The van der Waals surface area contributed by atoms with Gasteiger partial charge in [0.2, 0.25) is 0 Å². The van der Waals surface area contributed by atoms with Crippen LogP contribution in [-0.4, -0.2) is 12.0 Å². The maximum Gasteiger partial charge on any atom is 0.261 e. The SMILES string of the molecule is CC[C@H](Oc1cc(C)ccc1C)C(=O)N[C@H](c1ccccc1)c1ccccc1C. The third kappa shape index (κ3) is 5.05. The molecule has 0 saturated heterocycles. The van der Waals surface area contributed by atoms with Crippen molar-refractivity contribution in [3.63, 3.8) is 0 Å². The topological polar surface area (TPSA) is 38.3 Å². The van der Waals surface area contributed by atoms with Crippen LogP contribution < -0.4 is 10.1 Å². The van der Waals surface area contributed by atoms with Crippen molar-refractivity contribution in [2.24, 2.45) is 0 Å². The predicted octanol–water partition coefficient (Wildman–Crippen LogP) is 5.68. The van der Waals surface area contributed by atoms with E-state index in [-0.39, 0.29) is 11.9 Å². The second-order valence-corrected chi connectivity index (χ2v) is 7.49. The maximum absolute atomic E-state index is 13.2. The van der Waals surface area contributed by atoms with Gasteiger partial charge in [-0.05, 0) is 61.1 Å². The third-order valence-electron chi connectivity index (χ3n) is 5.20. The standard InChI is InChI=1S/C26H29NO2/c1-5-23(29-24-17-18(2)15-16-20(24)4)26(28)27-25(21-12-7-6-8-13-21)22-14-10-9-11-19(22)3/h6-17,23,25H,5H2,1-4H3,(H,27,28)/t23-,25+/m0/s1. The van der Waals surface area contributed by atoms with Crippen molar-refractivity contribution < 1.29 is 9.53 Å². The van der Waals surface area contributed by atoms with Crippen molar-refractivity contribution in [2.45, 2.75) is 46.3 Å². The van der Waals surface area contributed by atoms with Gasteiger partial charge in [0, 0.05) is 0 Å². The fraction of sp³-hybridized carbons (Fsp3) is 0.269. The number of hydrogen-bond donors (Lipinski definition) is 1. The van der Waals surface area contributed by atoms with Gasteiger partial charge in [0.25, 0.3) is 5.91 Å². The Morgan fingerprint density at radius 2 is 1.59 bits per heavy atom. The number of aryl methyl sites for hydroxylation is 3. The van der Waals surface area contributed by atoms with E-state index in [4.69, 9.17) is 4.74 Å². The highest BCUT2D eigenvalue weighted by atomic mass is 16.5. The molecule has 3 aromatic carbocycles. The first-order valence-electron chi connectivity index (χ1n) is 10.1. The number of carbonyl (C=O) groups excluding carboxylic acids is 1. The second kappa shape index (κ2) is 9.42. The van der Waals surface area contributed by atoms with Crippen LogP contribution in [0.5, 0.6) is 5.75 Å². The molecule has 150 valence electrons. The van der Waals surface area contributed by atoms with Gasteiger partial charge < -0.3 is 10.1 Å². The lowest BCUT2D eigenvalue weighted by Gasteiger charge is -2.25. The van der Waals surface area contributed by atoms with Crippen LogP contribution in [0.3, 0.4) is 0 Å². The van der Waals surface area contributed by atoms with Gasteiger partial charge in [-0.15, -0.1) is 0 Å². The van der Waals surface area contributed by atoms with Crippen molar-refractivity contribution in [1.29, 1.82) is 0 Å². The Hall–Kier alpha value is -3.07. The Morgan fingerprint density at radius 1 is 0.897 bits per heavy atom. The van der Waals surface area contributed by atoms with Crippen molar-refractivity contribution in [3.05, 3.63) is 101 Å². The molecule has 3 aromatic rings. The van der Waals surface area contributed by atoms with Crippen LogP contribution in [0.1, 0.15) is 47.2 Å². The van der Waals surface area contributed by atoms with E-state index < -0.39 is 6.10 Å². The summed E-state index contributed by atoms with van der Waals surface area (Å²) in [5.41, 5.74) is 5.43. The average Bonchev–Trinajstić information content (AvgIpc) is 2.73. The van der Waals surface area contributed by atoms with Crippen LogP contribution in [0.15, 0.2) is 72.8 Å². The second-order valence-electron chi connectivity index (χ2n) is 7.49. The minimum atomic E-state index is -0.550. The zero-order valence-electron chi connectivity index (χ0n) is 17.6. The summed E-state index contributed by atoms with van der Waals surface area (Å²) in [5.74, 6) is 0.657. The van der Waals surface area contributed by atoms with Crippen molar-refractivity contribution in [2.75, 3.05) is 0 Å². The summed E-state index contributed by atoms with van der Waals surface area (Å²) in [6.45, 7) is 8.07. The van der Waals surface area contributed by atoms with Gasteiger partial charge in [-0.1, -0.05) is 73.7 Å². The Balaban J connectivity index is 1.87. The molecular formula is C26H29NO2. The summed E-state index contributed by atoms with van der Waals surface area (Å²) in [7, 11) is 0. The zero-order valence-corrected chi connectivity index (χ0v) is 17.6. The molecular weight excluding hydrogens is 358 g/mol. The van der Waals surface area contributed by atoms with Crippen molar-refractivity contribution >= 4 is 5.91 Å². The highest BCUT2D eigenvalue weighted by molar-refractivity contribution is 5.82. The molecule has 0 bridgehead atoms. The van der Waals surface area contributed by atoms with Crippen LogP contribution in [0.2, 0.25) is 0 Å². The molecule has 2 atom stereocenters. The Labute approximate surface area is 173 Å². The molecule has 1 amide bonds. The summed E-state index contributed by atoms with van der Waals surface area (Å²) in [4.78, 5) is 13.2. The fourth-order valence-electron chi connectivity index (χ4n) is 3.44. The molecule has 0 fully saturated rings. The quantitative estimate of drug-likeness (QED) is 0.567. The molecule has 0 aliphatic heterocycles. The van der Waals surface area contributed by atoms with Crippen LogP contribution in [-0.2, 0) is 4.79 Å². The molecule has 0 radical (unpaired) electrons. The Morgan fingerprint density at radius 3 is 2.28 bits per heavy atom. The van der Waals surface area contributed by atoms with Crippen molar-refractivity contribution in [1.82, 2.24) is 5.32 Å². The molecule has 0 heterocycles. The summed E-state index contributed by atoms with van der Waals surface area (Å²) in [6.07, 6.45) is 0.0415. The van der Waals surface area contributed by atoms with Gasteiger partial charge in [0.05, 0.1) is 6.04 Å². The molecule has 0 aromatic heterocycles. The average molecular weight is 388 g/mol. The lowest BCUT2D eigenvalue weighted by molar-refractivity contribution is -0.128. The van der Waals surface area contributed by atoms with E-state index in [0.29, 0.717) is 6.42 Å². The van der Waals surface area contributed by atoms with Gasteiger partial charge in [-0.3, -0.25) is 4.79 Å². The van der Waals surface area contributed by atoms with E-state index in [1.807, 2.05) is 81.4 Å². The lowest BCUT2D eigenvalue weighted by Crippen LogP contribution is -2.40. The largest absolute Gasteiger partial charge is 0.480 e. The number of amides is 1.